The highest BCUT2D eigenvalue weighted by Gasteiger charge is 2.49. The van der Waals surface area contributed by atoms with E-state index in [1.165, 1.54) is 42.0 Å². The van der Waals surface area contributed by atoms with Gasteiger partial charge in [0.25, 0.3) is 0 Å². The zero-order chi connectivity index (χ0) is 13.0. The summed E-state index contributed by atoms with van der Waals surface area (Å²) in [6.45, 7) is 2.07. The van der Waals surface area contributed by atoms with E-state index >= 15 is 0 Å². The van der Waals surface area contributed by atoms with Crippen molar-refractivity contribution >= 4 is 11.3 Å². The van der Waals surface area contributed by atoms with Crippen LogP contribution in [0.4, 0.5) is 0 Å². The number of thiazole rings is 1. The van der Waals surface area contributed by atoms with Crippen LogP contribution in [0.1, 0.15) is 53.6 Å². The third kappa shape index (κ3) is 1.84. The fourth-order valence-corrected chi connectivity index (χ4v) is 6.44. The van der Waals surface area contributed by atoms with Gasteiger partial charge in [-0.05, 0) is 62.7 Å². The predicted molar refractivity (Wildman–Crippen MR) is 76.0 cm³/mol. The quantitative estimate of drug-likeness (QED) is 0.814. The zero-order valence-electron chi connectivity index (χ0n) is 11.4. The molecule has 0 radical (unpaired) electrons. The molecule has 3 heteroatoms. The third-order valence-electron chi connectivity index (χ3n) is 5.66. The summed E-state index contributed by atoms with van der Waals surface area (Å²) in [5.74, 6) is 4.58. The van der Waals surface area contributed by atoms with Gasteiger partial charge in [-0.25, -0.2) is 4.98 Å². The molecule has 100 valence electrons. The molecule has 0 aromatic carbocycles. The van der Waals surface area contributed by atoms with Gasteiger partial charge in [0.2, 0.25) is 0 Å². The second-order valence-electron chi connectivity index (χ2n) is 6.85. The highest BCUT2D eigenvalue weighted by molar-refractivity contribution is 7.11. The first-order valence-electron chi connectivity index (χ1n) is 7.57. The molecular weight excluding hydrogens is 252 g/mol. The van der Waals surface area contributed by atoms with Gasteiger partial charge in [-0.15, -0.1) is 11.3 Å². The molecule has 4 aliphatic rings. The number of nitriles is 1. The van der Waals surface area contributed by atoms with Crippen molar-refractivity contribution in [2.24, 2.45) is 23.7 Å². The lowest BCUT2D eigenvalue weighted by molar-refractivity contribution is -0.00286. The minimum absolute atomic E-state index is 0.538. The standard InChI is InChI=1S/C16H20N2S/c1-9-14(2-3-17)19-16(18-9)15-12-5-10-4-11(7-12)8-13(15)6-10/h10-13,15H,2,4-8H2,1H3. The van der Waals surface area contributed by atoms with E-state index in [2.05, 4.69) is 13.0 Å². The van der Waals surface area contributed by atoms with Crippen molar-refractivity contribution < 1.29 is 0 Å². The maximum absolute atomic E-state index is 8.89. The highest BCUT2D eigenvalue weighted by atomic mass is 32.1. The van der Waals surface area contributed by atoms with Crippen molar-refractivity contribution in [2.75, 3.05) is 0 Å². The summed E-state index contributed by atoms with van der Waals surface area (Å²) in [5.41, 5.74) is 1.11. The van der Waals surface area contributed by atoms with E-state index < -0.39 is 0 Å². The maximum Gasteiger partial charge on any atom is 0.0967 e. The van der Waals surface area contributed by atoms with Crippen LogP contribution in [0, 0.1) is 41.9 Å². The van der Waals surface area contributed by atoms with Crippen LogP contribution in [0.25, 0.3) is 0 Å². The molecular formula is C16H20N2S. The summed E-state index contributed by atoms with van der Waals surface area (Å²) in [6.07, 6.45) is 7.84. The van der Waals surface area contributed by atoms with Gasteiger partial charge in [-0.2, -0.15) is 5.26 Å². The molecule has 4 fully saturated rings. The molecule has 4 aliphatic carbocycles. The first kappa shape index (κ1) is 11.9. The lowest BCUT2D eigenvalue weighted by atomic mass is 9.52. The van der Waals surface area contributed by atoms with Crippen LogP contribution in [0.2, 0.25) is 0 Å². The van der Waals surface area contributed by atoms with Gasteiger partial charge in [0, 0.05) is 10.8 Å². The van der Waals surface area contributed by atoms with Crippen molar-refractivity contribution in [3.8, 4) is 6.07 Å². The van der Waals surface area contributed by atoms with Crippen LogP contribution in [0.3, 0.4) is 0 Å². The van der Waals surface area contributed by atoms with Gasteiger partial charge in [0.15, 0.2) is 0 Å². The third-order valence-corrected chi connectivity index (χ3v) is 6.92. The fourth-order valence-electron chi connectivity index (χ4n) is 5.16. The molecule has 19 heavy (non-hydrogen) atoms. The predicted octanol–water partition coefficient (Wildman–Crippen LogP) is 4.06. The van der Waals surface area contributed by atoms with Crippen molar-refractivity contribution in [3.63, 3.8) is 0 Å². The van der Waals surface area contributed by atoms with Gasteiger partial charge in [-0.1, -0.05) is 0 Å². The van der Waals surface area contributed by atoms with Crippen LogP contribution in [0.5, 0.6) is 0 Å². The van der Waals surface area contributed by atoms with E-state index in [-0.39, 0.29) is 0 Å². The zero-order valence-corrected chi connectivity index (χ0v) is 12.2. The molecule has 4 saturated carbocycles. The van der Waals surface area contributed by atoms with E-state index in [1.807, 2.05) is 11.3 Å². The Morgan fingerprint density at radius 2 is 1.79 bits per heavy atom. The summed E-state index contributed by atoms with van der Waals surface area (Å²) >= 11 is 1.83. The van der Waals surface area contributed by atoms with Crippen LogP contribution in [0.15, 0.2) is 0 Å². The number of hydrogen-bond acceptors (Lipinski definition) is 3. The van der Waals surface area contributed by atoms with E-state index in [9.17, 15) is 0 Å². The lowest BCUT2D eigenvalue weighted by Gasteiger charge is -2.53. The molecule has 0 N–H and O–H groups in total. The molecule has 0 amide bonds. The van der Waals surface area contributed by atoms with Crippen molar-refractivity contribution in [2.45, 2.75) is 51.4 Å². The molecule has 0 saturated heterocycles. The van der Waals surface area contributed by atoms with Gasteiger partial charge >= 0.3 is 0 Å². The minimum Gasteiger partial charge on any atom is -0.246 e. The molecule has 0 unspecified atom stereocenters. The Balaban J connectivity index is 1.65. The monoisotopic (exact) mass is 272 g/mol. The fraction of sp³-hybridized carbons (Fsp3) is 0.750. The summed E-state index contributed by atoms with van der Waals surface area (Å²) in [6, 6.07) is 2.28. The number of rotatable bonds is 2. The van der Waals surface area contributed by atoms with Gasteiger partial charge in [0.05, 0.1) is 23.2 Å². The van der Waals surface area contributed by atoms with E-state index in [4.69, 9.17) is 10.2 Å². The Labute approximate surface area is 118 Å². The smallest absolute Gasteiger partial charge is 0.0967 e. The Hall–Kier alpha value is -0.880. The van der Waals surface area contributed by atoms with Crippen LogP contribution in [-0.2, 0) is 6.42 Å². The first-order valence-corrected chi connectivity index (χ1v) is 8.39. The topological polar surface area (TPSA) is 36.7 Å². The lowest BCUT2D eigenvalue weighted by Crippen LogP contribution is -2.43. The molecule has 4 bridgehead atoms. The van der Waals surface area contributed by atoms with Gasteiger partial charge in [-0.3, -0.25) is 0 Å². The van der Waals surface area contributed by atoms with Crippen molar-refractivity contribution in [1.29, 1.82) is 5.26 Å². The van der Waals surface area contributed by atoms with Gasteiger partial charge < -0.3 is 0 Å². The van der Waals surface area contributed by atoms with Crippen LogP contribution in [-0.4, -0.2) is 4.98 Å². The molecule has 1 aromatic heterocycles. The molecule has 2 nitrogen and oxygen atoms in total. The maximum atomic E-state index is 8.89. The van der Waals surface area contributed by atoms with E-state index in [0.717, 1.165) is 35.3 Å². The average Bonchev–Trinajstić information content (AvgIpc) is 2.70. The molecule has 5 rings (SSSR count). The SMILES string of the molecule is Cc1nc(C2C3CC4CC(C3)CC2C4)sc1CC#N. The molecule has 0 spiro atoms. The summed E-state index contributed by atoms with van der Waals surface area (Å²) < 4.78 is 0. The Kier molecular flexibility index (Phi) is 2.70. The first-order chi connectivity index (χ1) is 9.24. The van der Waals surface area contributed by atoms with E-state index in [0.29, 0.717) is 6.42 Å². The summed E-state index contributed by atoms with van der Waals surface area (Å²) in [5, 5.41) is 10.3. The Morgan fingerprint density at radius 1 is 1.16 bits per heavy atom. The average molecular weight is 272 g/mol. The Bertz CT molecular complexity index is 511. The Morgan fingerprint density at radius 3 is 2.37 bits per heavy atom. The molecule has 0 atom stereocenters. The number of hydrogen-bond donors (Lipinski definition) is 0. The highest BCUT2D eigenvalue weighted by Crippen LogP contribution is 2.60. The molecule has 1 aromatic rings. The van der Waals surface area contributed by atoms with Crippen LogP contribution >= 0.6 is 11.3 Å². The second kappa shape index (κ2) is 4.31. The largest absolute Gasteiger partial charge is 0.246 e. The number of aryl methyl sites for hydroxylation is 1. The number of nitrogens with zero attached hydrogens (tertiary/aromatic N) is 2. The number of aromatic nitrogens is 1. The summed E-state index contributed by atoms with van der Waals surface area (Å²) in [4.78, 5) is 6.04. The van der Waals surface area contributed by atoms with Crippen molar-refractivity contribution in [1.82, 2.24) is 4.98 Å². The molecule has 1 heterocycles. The van der Waals surface area contributed by atoms with Gasteiger partial charge in [0.1, 0.15) is 0 Å². The normalized spacial score (nSPS) is 39.5. The van der Waals surface area contributed by atoms with E-state index in [1.54, 1.807) is 0 Å². The molecule has 0 aliphatic heterocycles. The second-order valence-corrected chi connectivity index (χ2v) is 7.97. The van der Waals surface area contributed by atoms with Crippen molar-refractivity contribution in [3.05, 3.63) is 15.6 Å². The minimum atomic E-state index is 0.538. The van der Waals surface area contributed by atoms with Crippen LogP contribution < -0.4 is 0 Å². The summed E-state index contributed by atoms with van der Waals surface area (Å²) in [7, 11) is 0.